The fraction of sp³-hybridized carbons (Fsp3) is 0.300. The Morgan fingerprint density at radius 2 is 2.12 bits per heavy atom. The van der Waals surface area contributed by atoms with Gasteiger partial charge in [0, 0.05) is 24.7 Å². The predicted molar refractivity (Wildman–Crippen MR) is 99.9 cm³/mol. The predicted octanol–water partition coefficient (Wildman–Crippen LogP) is 3.15. The molecule has 0 aromatic heterocycles. The highest BCUT2D eigenvalue weighted by Gasteiger charge is 2.25. The van der Waals surface area contributed by atoms with Crippen LogP contribution >= 0.6 is 0 Å². The van der Waals surface area contributed by atoms with Gasteiger partial charge in [0.05, 0.1) is 12.8 Å². The summed E-state index contributed by atoms with van der Waals surface area (Å²) in [5.41, 5.74) is 2.52. The number of fused-ring (bicyclic) bond motifs is 1. The van der Waals surface area contributed by atoms with Crippen LogP contribution in [0.3, 0.4) is 0 Å². The van der Waals surface area contributed by atoms with Gasteiger partial charge in [-0.2, -0.15) is 0 Å². The number of methoxy groups -OCH3 is 1. The molecule has 0 radical (unpaired) electrons. The number of anilines is 2. The van der Waals surface area contributed by atoms with Gasteiger partial charge in [-0.3, -0.25) is 9.59 Å². The molecule has 1 aliphatic rings. The van der Waals surface area contributed by atoms with E-state index in [0.717, 1.165) is 11.3 Å². The van der Waals surface area contributed by atoms with Crippen LogP contribution in [0.4, 0.5) is 11.4 Å². The molecule has 26 heavy (non-hydrogen) atoms. The molecular formula is C20H22N2O4. The van der Waals surface area contributed by atoms with E-state index in [0.29, 0.717) is 36.6 Å². The molecule has 0 saturated carbocycles. The number of carbonyl (C=O) groups excluding carboxylic acids is 2. The van der Waals surface area contributed by atoms with Crippen molar-refractivity contribution in [2.75, 3.05) is 30.5 Å². The lowest BCUT2D eigenvalue weighted by Gasteiger charge is -2.29. The van der Waals surface area contributed by atoms with E-state index >= 15 is 0 Å². The summed E-state index contributed by atoms with van der Waals surface area (Å²) < 4.78 is 10.6. The van der Waals surface area contributed by atoms with Crippen molar-refractivity contribution in [2.45, 2.75) is 19.8 Å². The van der Waals surface area contributed by atoms with Gasteiger partial charge in [0.15, 0.2) is 6.61 Å². The lowest BCUT2D eigenvalue weighted by molar-refractivity contribution is -0.121. The van der Waals surface area contributed by atoms with Gasteiger partial charge in [0.1, 0.15) is 11.5 Å². The summed E-state index contributed by atoms with van der Waals surface area (Å²) in [7, 11) is 1.58. The Kier molecular flexibility index (Phi) is 5.41. The van der Waals surface area contributed by atoms with E-state index in [1.807, 2.05) is 43.3 Å². The van der Waals surface area contributed by atoms with Crippen LogP contribution < -0.4 is 19.7 Å². The molecule has 1 aliphatic heterocycles. The third kappa shape index (κ3) is 4.14. The highest BCUT2D eigenvalue weighted by atomic mass is 16.5. The van der Waals surface area contributed by atoms with Crippen LogP contribution in [0, 0.1) is 6.92 Å². The number of nitrogens with one attached hydrogen (secondary N) is 1. The van der Waals surface area contributed by atoms with Crippen LogP contribution in [0.15, 0.2) is 42.5 Å². The molecule has 1 N–H and O–H groups in total. The molecule has 0 fully saturated rings. The molecule has 6 heteroatoms. The smallest absolute Gasteiger partial charge is 0.265 e. The molecule has 1 heterocycles. The zero-order valence-electron chi connectivity index (χ0n) is 15.0. The molecule has 0 bridgehead atoms. The molecule has 136 valence electrons. The lowest BCUT2D eigenvalue weighted by atomic mass is 10.1. The molecule has 2 aromatic rings. The summed E-state index contributed by atoms with van der Waals surface area (Å²) in [6.07, 6.45) is 0.887. The van der Waals surface area contributed by atoms with Crippen LogP contribution in [0.1, 0.15) is 18.4 Å². The Morgan fingerprint density at radius 3 is 2.92 bits per heavy atom. The van der Waals surface area contributed by atoms with Crippen LogP contribution in [-0.2, 0) is 9.59 Å². The topological polar surface area (TPSA) is 67.9 Å². The van der Waals surface area contributed by atoms with E-state index in [4.69, 9.17) is 9.47 Å². The zero-order valence-corrected chi connectivity index (χ0v) is 15.0. The monoisotopic (exact) mass is 354 g/mol. The fourth-order valence-electron chi connectivity index (χ4n) is 2.88. The van der Waals surface area contributed by atoms with E-state index in [1.54, 1.807) is 18.1 Å². The van der Waals surface area contributed by atoms with Gasteiger partial charge in [-0.25, -0.2) is 0 Å². The SMILES string of the molecule is COc1cccc(NC(=O)CCCN2C(=O)COc3ccc(C)cc32)c1. The Balaban J connectivity index is 1.57. The van der Waals surface area contributed by atoms with E-state index in [-0.39, 0.29) is 18.4 Å². The Morgan fingerprint density at radius 1 is 1.27 bits per heavy atom. The van der Waals surface area contributed by atoms with Crippen LogP contribution in [0.5, 0.6) is 11.5 Å². The van der Waals surface area contributed by atoms with Crippen LogP contribution in [0.2, 0.25) is 0 Å². The number of nitrogens with zero attached hydrogens (tertiary/aromatic N) is 1. The number of hydrogen-bond acceptors (Lipinski definition) is 4. The minimum absolute atomic E-state index is 0.0338. The number of hydrogen-bond donors (Lipinski definition) is 1. The van der Waals surface area contributed by atoms with Crippen molar-refractivity contribution in [1.29, 1.82) is 0 Å². The van der Waals surface area contributed by atoms with Crippen molar-refractivity contribution < 1.29 is 19.1 Å². The standard InChI is InChI=1S/C20H22N2O4/c1-14-8-9-18-17(11-14)22(20(24)13-26-18)10-4-7-19(23)21-15-5-3-6-16(12-15)25-2/h3,5-6,8-9,11-12H,4,7,10,13H2,1-2H3,(H,21,23). The van der Waals surface area contributed by atoms with Gasteiger partial charge in [0.2, 0.25) is 5.91 Å². The van der Waals surface area contributed by atoms with Crippen molar-refractivity contribution in [3.05, 3.63) is 48.0 Å². The second-order valence-electron chi connectivity index (χ2n) is 6.19. The zero-order chi connectivity index (χ0) is 18.5. The summed E-state index contributed by atoms with van der Waals surface area (Å²) in [6, 6.07) is 13.0. The number of benzene rings is 2. The highest BCUT2D eigenvalue weighted by Crippen LogP contribution is 2.33. The molecule has 0 unspecified atom stereocenters. The number of ether oxygens (including phenoxy) is 2. The first-order valence-corrected chi connectivity index (χ1v) is 8.54. The molecule has 2 amide bonds. The number of amides is 2. The Hall–Kier alpha value is -3.02. The minimum Gasteiger partial charge on any atom is -0.497 e. The lowest BCUT2D eigenvalue weighted by Crippen LogP contribution is -2.39. The average Bonchev–Trinajstić information content (AvgIpc) is 2.63. The molecule has 3 rings (SSSR count). The summed E-state index contributed by atoms with van der Waals surface area (Å²) in [5, 5.41) is 2.85. The van der Waals surface area contributed by atoms with E-state index < -0.39 is 0 Å². The molecule has 0 saturated heterocycles. The summed E-state index contributed by atoms with van der Waals surface area (Å²) in [5.74, 6) is 1.21. The summed E-state index contributed by atoms with van der Waals surface area (Å²) in [4.78, 5) is 26.0. The van der Waals surface area contributed by atoms with Gasteiger partial charge >= 0.3 is 0 Å². The fourth-order valence-corrected chi connectivity index (χ4v) is 2.88. The van der Waals surface area contributed by atoms with Crippen molar-refractivity contribution in [3.63, 3.8) is 0 Å². The third-order valence-corrected chi connectivity index (χ3v) is 4.20. The molecule has 6 nitrogen and oxygen atoms in total. The molecule has 0 aliphatic carbocycles. The first-order chi connectivity index (χ1) is 12.6. The summed E-state index contributed by atoms with van der Waals surface area (Å²) in [6.45, 7) is 2.48. The van der Waals surface area contributed by atoms with Crippen molar-refractivity contribution in [2.24, 2.45) is 0 Å². The van der Waals surface area contributed by atoms with E-state index in [1.165, 1.54) is 0 Å². The third-order valence-electron chi connectivity index (χ3n) is 4.20. The first-order valence-electron chi connectivity index (χ1n) is 8.54. The molecule has 0 atom stereocenters. The van der Waals surface area contributed by atoms with E-state index in [9.17, 15) is 9.59 Å². The largest absolute Gasteiger partial charge is 0.497 e. The second-order valence-corrected chi connectivity index (χ2v) is 6.19. The van der Waals surface area contributed by atoms with Gasteiger partial charge in [0.25, 0.3) is 5.91 Å². The molecule has 0 spiro atoms. The molecule has 2 aromatic carbocycles. The maximum Gasteiger partial charge on any atom is 0.265 e. The van der Waals surface area contributed by atoms with Gasteiger partial charge in [-0.1, -0.05) is 12.1 Å². The van der Waals surface area contributed by atoms with Crippen LogP contribution in [0.25, 0.3) is 0 Å². The minimum atomic E-state index is -0.0940. The van der Waals surface area contributed by atoms with Gasteiger partial charge < -0.3 is 19.7 Å². The molecular weight excluding hydrogens is 332 g/mol. The van der Waals surface area contributed by atoms with Crippen molar-refractivity contribution in [3.8, 4) is 11.5 Å². The van der Waals surface area contributed by atoms with E-state index in [2.05, 4.69) is 5.32 Å². The Labute approximate surface area is 152 Å². The maximum absolute atomic E-state index is 12.2. The second kappa shape index (κ2) is 7.91. The average molecular weight is 354 g/mol. The normalized spacial score (nSPS) is 13.0. The van der Waals surface area contributed by atoms with Gasteiger partial charge in [-0.15, -0.1) is 0 Å². The maximum atomic E-state index is 12.2. The first kappa shape index (κ1) is 17.8. The number of aryl methyl sites for hydroxylation is 1. The van der Waals surface area contributed by atoms with Crippen molar-refractivity contribution in [1.82, 2.24) is 0 Å². The number of carbonyl (C=O) groups is 2. The van der Waals surface area contributed by atoms with Gasteiger partial charge in [-0.05, 0) is 43.2 Å². The highest BCUT2D eigenvalue weighted by molar-refractivity contribution is 5.98. The Bertz CT molecular complexity index is 819. The summed E-state index contributed by atoms with van der Waals surface area (Å²) >= 11 is 0. The quantitative estimate of drug-likeness (QED) is 0.865. The van der Waals surface area contributed by atoms with Crippen molar-refractivity contribution >= 4 is 23.2 Å². The number of rotatable bonds is 6. The van der Waals surface area contributed by atoms with Crippen LogP contribution in [-0.4, -0.2) is 32.1 Å².